The quantitative estimate of drug-likeness (QED) is 0.910. The van der Waals surface area contributed by atoms with Crippen LogP contribution in [0.15, 0.2) is 4.52 Å². The van der Waals surface area contributed by atoms with Crippen LogP contribution in [0.4, 0.5) is 0 Å². The minimum absolute atomic E-state index is 0.0201. The van der Waals surface area contributed by atoms with Crippen molar-refractivity contribution in [3.05, 3.63) is 11.7 Å². The predicted octanol–water partition coefficient (Wildman–Crippen LogP) is 1.88. The number of thioether (sulfide) groups is 1. The first kappa shape index (κ1) is 14.8. The molecule has 1 aromatic rings. The minimum Gasteiger partial charge on any atom is -0.339 e. The molecule has 1 aliphatic heterocycles. The molecule has 1 aromatic heterocycles. The molecule has 6 heteroatoms. The first-order valence-corrected chi connectivity index (χ1v) is 8.03. The molecule has 0 saturated carbocycles. The zero-order valence-electron chi connectivity index (χ0n) is 12.2. The van der Waals surface area contributed by atoms with Gasteiger partial charge in [-0.3, -0.25) is 4.90 Å². The summed E-state index contributed by atoms with van der Waals surface area (Å²) in [5.41, 5.74) is 6.04. The summed E-state index contributed by atoms with van der Waals surface area (Å²) in [5.74, 6) is 4.21. The first-order valence-electron chi connectivity index (χ1n) is 6.87. The lowest BCUT2D eigenvalue weighted by Gasteiger charge is -2.29. The molecule has 2 heterocycles. The van der Waals surface area contributed by atoms with Gasteiger partial charge >= 0.3 is 0 Å². The average Bonchev–Trinajstić information content (AvgIpc) is 2.77. The van der Waals surface area contributed by atoms with E-state index in [1.807, 2.05) is 18.7 Å². The van der Waals surface area contributed by atoms with Crippen LogP contribution in [0.5, 0.6) is 0 Å². The molecule has 1 saturated heterocycles. The van der Waals surface area contributed by atoms with Crippen molar-refractivity contribution in [2.75, 3.05) is 25.1 Å². The van der Waals surface area contributed by atoms with Gasteiger partial charge in [0.25, 0.3) is 0 Å². The number of nitrogens with zero attached hydrogens (tertiary/aromatic N) is 3. The SMILES string of the molecule is CC(C)C(c1nc(C2CSCCN2C)no1)C(C)N. The van der Waals surface area contributed by atoms with Gasteiger partial charge in [0.05, 0.1) is 12.0 Å². The molecule has 0 amide bonds. The summed E-state index contributed by atoms with van der Waals surface area (Å²) < 4.78 is 5.47. The third-order valence-corrected chi connectivity index (χ3v) is 4.74. The van der Waals surface area contributed by atoms with Crippen molar-refractivity contribution in [2.45, 2.75) is 38.8 Å². The Hall–Kier alpha value is -0.590. The van der Waals surface area contributed by atoms with Gasteiger partial charge in [0.1, 0.15) is 0 Å². The fourth-order valence-electron chi connectivity index (χ4n) is 2.59. The van der Waals surface area contributed by atoms with Crippen molar-refractivity contribution in [2.24, 2.45) is 11.7 Å². The van der Waals surface area contributed by atoms with Crippen molar-refractivity contribution < 1.29 is 4.52 Å². The van der Waals surface area contributed by atoms with E-state index in [2.05, 4.69) is 35.9 Å². The van der Waals surface area contributed by atoms with Crippen LogP contribution in [0.1, 0.15) is 44.4 Å². The van der Waals surface area contributed by atoms with E-state index in [1.165, 1.54) is 5.75 Å². The van der Waals surface area contributed by atoms with Gasteiger partial charge < -0.3 is 10.3 Å². The van der Waals surface area contributed by atoms with Crippen LogP contribution in [-0.2, 0) is 0 Å². The predicted molar refractivity (Wildman–Crippen MR) is 78.2 cm³/mol. The third-order valence-electron chi connectivity index (χ3n) is 3.72. The lowest BCUT2D eigenvalue weighted by Crippen LogP contribution is -2.33. The topological polar surface area (TPSA) is 68.2 Å². The Bertz CT molecular complexity index is 399. The van der Waals surface area contributed by atoms with Gasteiger partial charge in [0.2, 0.25) is 5.89 Å². The maximum absolute atomic E-state index is 6.04. The Morgan fingerprint density at radius 2 is 2.16 bits per heavy atom. The van der Waals surface area contributed by atoms with Crippen molar-refractivity contribution in [1.29, 1.82) is 0 Å². The molecular formula is C13H24N4OS. The highest BCUT2D eigenvalue weighted by molar-refractivity contribution is 7.99. The van der Waals surface area contributed by atoms with Gasteiger partial charge in [-0.1, -0.05) is 19.0 Å². The summed E-state index contributed by atoms with van der Waals surface area (Å²) >= 11 is 1.94. The van der Waals surface area contributed by atoms with E-state index < -0.39 is 0 Å². The van der Waals surface area contributed by atoms with Gasteiger partial charge in [0.15, 0.2) is 5.82 Å². The molecule has 0 radical (unpaired) electrons. The number of hydrogen-bond acceptors (Lipinski definition) is 6. The number of rotatable bonds is 4. The van der Waals surface area contributed by atoms with Crippen LogP contribution in [0.25, 0.3) is 0 Å². The zero-order chi connectivity index (χ0) is 14.0. The lowest BCUT2D eigenvalue weighted by atomic mass is 9.90. The molecule has 2 N–H and O–H groups in total. The first-order chi connectivity index (χ1) is 9.00. The van der Waals surface area contributed by atoms with E-state index in [0.29, 0.717) is 11.8 Å². The standard InChI is InChI=1S/C13H24N4OS/c1-8(2)11(9(3)14)13-15-12(16-18-13)10-7-19-6-5-17(10)4/h8-11H,5-7,14H2,1-4H3. The number of nitrogens with two attached hydrogens (primary N) is 1. The van der Waals surface area contributed by atoms with Crippen molar-refractivity contribution in [3.63, 3.8) is 0 Å². The molecule has 1 fully saturated rings. The second-order valence-corrected chi connectivity index (χ2v) is 6.84. The lowest BCUT2D eigenvalue weighted by molar-refractivity contribution is 0.253. The molecule has 0 aliphatic carbocycles. The summed E-state index contributed by atoms with van der Waals surface area (Å²) in [5, 5.41) is 4.18. The van der Waals surface area contributed by atoms with Crippen LogP contribution in [0.2, 0.25) is 0 Å². The van der Waals surface area contributed by atoms with E-state index in [0.717, 1.165) is 18.1 Å². The van der Waals surface area contributed by atoms with E-state index in [9.17, 15) is 0 Å². The van der Waals surface area contributed by atoms with E-state index in [-0.39, 0.29) is 18.0 Å². The Balaban J connectivity index is 2.17. The Labute approximate surface area is 119 Å². The molecular weight excluding hydrogens is 260 g/mol. The van der Waals surface area contributed by atoms with Gasteiger partial charge in [-0.2, -0.15) is 16.7 Å². The molecule has 0 spiro atoms. The Kier molecular flexibility index (Phi) is 4.86. The molecule has 3 atom stereocenters. The van der Waals surface area contributed by atoms with Crippen molar-refractivity contribution in [1.82, 2.24) is 15.0 Å². The van der Waals surface area contributed by atoms with E-state index in [1.54, 1.807) is 0 Å². The van der Waals surface area contributed by atoms with E-state index >= 15 is 0 Å². The van der Waals surface area contributed by atoms with Crippen LogP contribution in [0.3, 0.4) is 0 Å². The van der Waals surface area contributed by atoms with E-state index in [4.69, 9.17) is 10.3 Å². The van der Waals surface area contributed by atoms with Crippen LogP contribution in [0, 0.1) is 5.92 Å². The zero-order valence-corrected chi connectivity index (χ0v) is 13.0. The number of aromatic nitrogens is 2. The smallest absolute Gasteiger partial charge is 0.231 e. The van der Waals surface area contributed by atoms with Gasteiger partial charge in [-0.15, -0.1) is 0 Å². The monoisotopic (exact) mass is 284 g/mol. The molecule has 19 heavy (non-hydrogen) atoms. The highest BCUT2D eigenvalue weighted by atomic mass is 32.2. The molecule has 1 aliphatic rings. The summed E-state index contributed by atoms with van der Waals surface area (Å²) in [7, 11) is 2.12. The minimum atomic E-state index is 0.0201. The average molecular weight is 284 g/mol. The highest BCUT2D eigenvalue weighted by Crippen LogP contribution is 2.30. The second kappa shape index (κ2) is 6.24. The maximum Gasteiger partial charge on any atom is 0.231 e. The van der Waals surface area contributed by atoms with Crippen LogP contribution in [-0.4, -0.2) is 46.2 Å². The van der Waals surface area contributed by atoms with Gasteiger partial charge in [-0.05, 0) is 19.9 Å². The molecule has 3 unspecified atom stereocenters. The largest absolute Gasteiger partial charge is 0.339 e. The molecule has 0 aromatic carbocycles. The van der Waals surface area contributed by atoms with Crippen molar-refractivity contribution in [3.8, 4) is 0 Å². The van der Waals surface area contributed by atoms with Crippen molar-refractivity contribution >= 4 is 11.8 Å². The molecule has 5 nitrogen and oxygen atoms in total. The third kappa shape index (κ3) is 3.30. The van der Waals surface area contributed by atoms with Crippen LogP contribution < -0.4 is 5.73 Å². The maximum atomic E-state index is 6.04. The molecule has 0 bridgehead atoms. The number of hydrogen-bond donors (Lipinski definition) is 1. The highest BCUT2D eigenvalue weighted by Gasteiger charge is 2.30. The fraction of sp³-hybridized carbons (Fsp3) is 0.846. The summed E-state index contributed by atoms with van der Waals surface area (Å²) in [6.45, 7) is 7.35. The Morgan fingerprint density at radius 3 is 2.74 bits per heavy atom. The Morgan fingerprint density at radius 1 is 1.42 bits per heavy atom. The molecule has 2 rings (SSSR count). The molecule has 108 valence electrons. The normalized spacial score (nSPS) is 24.6. The second-order valence-electron chi connectivity index (χ2n) is 5.69. The van der Waals surface area contributed by atoms with Gasteiger partial charge in [-0.25, -0.2) is 0 Å². The summed E-state index contributed by atoms with van der Waals surface area (Å²) in [6.07, 6.45) is 0. The fourth-order valence-corrected chi connectivity index (χ4v) is 3.80. The van der Waals surface area contributed by atoms with Crippen LogP contribution >= 0.6 is 11.8 Å². The van der Waals surface area contributed by atoms with Gasteiger partial charge in [0, 0.05) is 24.1 Å². The summed E-state index contributed by atoms with van der Waals surface area (Å²) in [4.78, 5) is 6.91. The summed E-state index contributed by atoms with van der Waals surface area (Å²) in [6, 6.07) is 0.281.